The molecule has 8 nitrogen and oxygen atoms in total. The van der Waals surface area contributed by atoms with E-state index in [1.165, 1.54) is 6.92 Å². The molecule has 0 heterocycles. The lowest BCUT2D eigenvalue weighted by molar-refractivity contribution is -0.124. The molecule has 0 saturated carbocycles. The van der Waals surface area contributed by atoms with Crippen molar-refractivity contribution in [1.82, 2.24) is 10.9 Å². The summed E-state index contributed by atoms with van der Waals surface area (Å²) in [4.78, 5) is 35.0. The van der Waals surface area contributed by atoms with E-state index in [2.05, 4.69) is 44.0 Å². The number of amides is 3. The van der Waals surface area contributed by atoms with Crippen LogP contribution in [0.4, 0.5) is 11.4 Å². The predicted octanol–water partition coefficient (Wildman–Crippen LogP) is 3.26. The third-order valence-electron chi connectivity index (χ3n) is 3.74. The Hall–Kier alpha value is -3.33. The lowest BCUT2D eigenvalue weighted by Crippen LogP contribution is -2.40. The molecule has 2 aromatic carbocycles. The van der Waals surface area contributed by atoms with Crippen LogP contribution in [0.1, 0.15) is 18.9 Å². The van der Waals surface area contributed by atoms with Gasteiger partial charge in [-0.3, -0.25) is 19.8 Å². The van der Waals surface area contributed by atoms with E-state index in [1.807, 2.05) is 19.1 Å². The first kappa shape index (κ1) is 23.0. The van der Waals surface area contributed by atoms with Crippen LogP contribution < -0.4 is 26.2 Å². The van der Waals surface area contributed by atoms with Gasteiger partial charge in [0.15, 0.2) is 6.61 Å². The number of halogens is 1. The minimum Gasteiger partial charge on any atom is -0.483 e. The first-order chi connectivity index (χ1) is 14.2. The maximum absolute atomic E-state index is 12.1. The third-order valence-corrected chi connectivity index (χ3v) is 4.23. The highest BCUT2D eigenvalue weighted by Crippen LogP contribution is 2.22. The molecule has 4 N–H and O–H groups in total. The second kappa shape index (κ2) is 11.0. The first-order valence-corrected chi connectivity index (χ1v) is 9.81. The van der Waals surface area contributed by atoms with E-state index >= 15 is 0 Å². The molecule has 0 unspecified atom stereocenters. The van der Waals surface area contributed by atoms with Crippen LogP contribution in [0.3, 0.4) is 0 Å². The highest BCUT2D eigenvalue weighted by Gasteiger charge is 2.08. The van der Waals surface area contributed by atoms with Gasteiger partial charge in [0.2, 0.25) is 11.8 Å². The summed E-state index contributed by atoms with van der Waals surface area (Å²) in [6.45, 7) is 6.83. The van der Waals surface area contributed by atoms with E-state index < -0.39 is 5.91 Å². The summed E-state index contributed by atoms with van der Waals surface area (Å²) in [5.74, 6) is -0.284. The third kappa shape index (κ3) is 7.96. The topological polar surface area (TPSA) is 109 Å². The number of hydrogen-bond acceptors (Lipinski definition) is 5. The van der Waals surface area contributed by atoms with Gasteiger partial charge in [0.05, 0.1) is 6.42 Å². The van der Waals surface area contributed by atoms with Gasteiger partial charge in [-0.1, -0.05) is 22.5 Å². The van der Waals surface area contributed by atoms with Crippen LogP contribution in [0.25, 0.3) is 0 Å². The molecule has 158 valence electrons. The van der Waals surface area contributed by atoms with Crippen LogP contribution in [0.5, 0.6) is 5.75 Å². The number of anilines is 2. The Bertz CT molecular complexity index is 945. The fraction of sp³-hybridized carbons (Fsp3) is 0.190. The molecule has 30 heavy (non-hydrogen) atoms. The molecule has 0 atom stereocenters. The maximum Gasteiger partial charge on any atom is 0.276 e. The molecule has 2 aromatic rings. The van der Waals surface area contributed by atoms with Crippen molar-refractivity contribution in [2.45, 2.75) is 20.3 Å². The monoisotopic (exact) mass is 474 g/mol. The molecule has 0 radical (unpaired) electrons. The Morgan fingerprint density at radius 2 is 1.60 bits per heavy atom. The second-order valence-electron chi connectivity index (χ2n) is 6.46. The number of carbonyl (C=O) groups excluding carboxylic acids is 3. The van der Waals surface area contributed by atoms with Gasteiger partial charge in [0.1, 0.15) is 5.75 Å². The van der Waals surface area contributed by atoms with Crippen molar-refractivity contribution in [2.75, 3.05) is 17.2 Å². The van der Waals surface area contributed by atoms with Gasteiger partial charge in [-0.05, 0) is 55.0 Å². The van der Waals surface area contributed by atoms with Gasteiger partial charge >= 0.3 is 0 Å². The summed E-state index contributed by atoms with van der Waals surface area (Å²) in [6, 6.07) is 12.2. The Balaban J connectivity index is 1.71. The quantitative estimate of drug-likeness (QED) is 0.417. The summed E-state index contributed by atoms with van der Waals surface area (Å²) in [5, 5.41) is 5.35. The normalized spacial score (nSPS) is 9.97. The first-order valence-electron chi connectivity index (χ1n) is 9.02. The van der Waals surface area contributed by atoms with E-state index in [-0.39, 0.29) is 24.8 Å². The number of ether oxygens (including phenoxy) is 1. The number of hydrogen-bond donors (Lipinski definition) is 4. The average molecular weight is 475 g/mol. The minimum absolute atomic E-state index is 0.0413. The summed E-state index contributed by atoms with van der Waals surface area (Å²) in [5.41, 5.74) is 7.46. The molecule has 0 aliphatic rings. The molecule has 9 heteroatoms. The highest BCUT2D eigenvalue weighted by atomic mass is 79.9. The molecule has 0 saturated heterocycles. The smallest absolute Gasteiger partial charge is 0.276 e. The van der Waals surface area contributed by atoms with Crippen LogP contribution >= 0.6 is 15.9 Å². The molecule has 0 aliphatic heterocycles. The molecule has 0 fully saturated rings. The lowest BCUT2D eigenvalue weighted by atomic mass is 10.2. The zero-order chi connectivity index (χ0) is 22.1. The fourth-order valence-corrected chi connectivity index (χ4v) is 2.87. The van der Waals surface area contributed by atoms with Crippen molar-refractivity contribution in [3.05, 3.63) is 64.8 Å². The van der Waals surface area contributed by atoms with Crippen molar-refractivity contribution in [2.24, 2.45) is 0 Å². The van der Waals surface area contributed by atoms with Crippen molar-refractivity contribution in [3.8, 4) is 5.75 Å². The number of nitrogens with one attached hydrogen (secondary N) is 4. The van der Waals surface area contributed by atoms with Gasteiger partial charge in [0, 0.05) is 28.5 Å². The van der Waals surface area contributed by atoms with Crippen molar-refractivity contribution >= 4 is 45.0 Å². The zero-order valence-electron chi connectivity index (χ0n) is 16.7. The highest BCUT2D eigenvalue weighted by molar-refractivity contribution is 9.10. The average Bonchev–Trinajstić information content (AvgIpc) is 2.66. The van der Waals surface area contributed by atoms with Crippen molar-refractivity contribution in [3.63, 3.8) is 0 Å². The number of carbonyl (C=O) groups is 3. The Kier molecular flexibility index (Phi) is 8.42. The van der Waals surface area contributed by atoms with E-state index in [0.29, 0.717) is 22.8 Å². The maximum atomic E-state index is 12.1. The largest absolute Gasteiger partial charge is 0.483 e. The van der Waals surface area contributed by atoms with Gasteiger partial charge in [0.25, 0.3) is 5.91 Å². The van der Waals surface area contributed by atoms with Crippen LogP contribution in [-0.2, 0) is 14.4 Å². The molecule has 0 aliphatic carbocycles. The van der Waals surface area contributed by atoms with Crippen molar-refractivity contribution in [1.29, 1.82) is 0 Å². The molecule has 0 aromatic heterocycles. The van der Waals surface area contributed by atoms with Crippen LogP contribution in [-0.4, -0.2) is 24.3 Å². The predicted molar refractivity (Wildman–Crippen MR) is 119 cm³/mol. The summed E-state index contributed by atoms with van der Waals surface area (Å²) in [7, 11) is 0. The van der Waals surface area contributed by atoms with E-state index in [1.54, 1.807) is 30.3 Å². The standard InChI is InChI=1S/C21H23BrN4O4/c1-13-10-16(22)4-9-19(13)30-12-21(29)26-25-14(2)11-20(28)24-18-7-5-17(6-8-18)23-15(3)27/h4-10,25H,2,11-12H2,1,3H3,(H,23,27)(H,24,28)(H,26,29). The summed E-state index contributed by atoms with van der Waals surface area (Å²) in [6.07, 6.45) is -0.0413. The molecular weight excluding hydrogens is 452 g/mol. The lowest BCUT2D eigenvalue weighted by Gasteiger charge is -2.13. The Labute approximate surface area is 183 Å². The number of hydrazine groups is 1. The number of aryl methyl sites for hydroxylation is 1. The minimum atomic E-state index is -0.410. The van der Waals surface area contributed by atoms with E-state index in [4.69, 9.17) is 4.74 Å². The number of benzene rings is 2. The fourth-order valence-electron chi connectivity index (χ4n) is 2.40. The van der Waals surface area contributed by atoms with E-state index in [9.17, 15) is 14.4 Å². The van der Waals surface area contributed by atoms with E-state index in [0.717, 1.165) is 10.0 Å². The molecule has 0 spiro atoms. The Morgan fingerprint density at radius 1 is 0.967 bits per heavy atom. The summed E-state index contributed by atoms with van der Waals surface area (Å²) >= 11 is 3.37. The molecule has 2 rings (SSSR count). The second-order valence-corrected chi connectivity index (χ2v) is 7.37. The van der Waals surface area contributed by atoms with Gasteiger partial charge in [-0.2, -0.15) is 0 Å². The molecule has 0 bridgehead atoms. The summed E-state index contributed by atoms with van der Waals surface area (Å²) < 4.78 is 6.40. The van der Waals surface area contributed by atoms with Gasteiger partial charge in [-0.25, -0.2) is 0 Å². The van der Waals surface area contributed by atoms with Crippen LogP contribution in [0.2, 0.25) is 0 Å². The number of rotatable bonds is 9. The SMILES string of the molecule is C=C(CC(=O)Nc1ccc(NC(C)=O)cc1)NNC(=O)COc1ccc(Br)cc1C. The zero-order valence-corrected chi connectivity index (χ0v) is 18.3. The van der Waals surface area contributed by atoms with Gasteiger partial charge in [-0.15, -0.1) is 0 Å². The van der Waals surface area contributed by atoms with Crippen LogP contribution in [0, 0.1) is 6.92 Å². The van der Waals surface area contributed by atoms with Crippen LogP contribution in [0.15, 0.2) is 59.2 Å². The Morgan fingerprint density at radius 3 is 2.20 bits per heavy atom. The van der Waals surface area contributed by atoms with Gasteiger partial charge < -0.3 is 20.8 Å². The molecule has 3 amide bonds. The van der Waals surface area contributed by atoms with Crippen molar-refractivity contribution < 1.29 is 19.1 Å². The molecular formula is C21H23BrN4O4.